The fraction of sp³-hybridized carbons (Fsp3) is 0.455. The van der Waals surface area contributed by atoms with Crippen molar-refractivity contribution in [1.29, 1.82) is 0 Å². The molecule has 0 aliphatic carbocycles. The van der Waals surface area contributed by atoms with Gasteiger partial charge in [-0.1, -0.05) is 96.3 Å². The molecule has 0 atom stereocenters. The minimum absolute atomic E-state index is 0.244. The Morgan fingerprint density at radius 3 is 2.00 bits per heavy atom. The number of aromatic hydroxyl groups is 1. The molecule has 0 radical (unpaired) electrons. The summed E-state index contributed by atoms with van der Waals surface area (Å²) in [4.78, 5) is 3.16. The molecule has 42 heavy (non-hydrogen) atoms. The van der Waals surface area contributed by atoms with Crippen LogP contribution in [0.3, 0.4) is 0 Å². The second-order valence-corrected chi connectivity index (χ2v) is 14.2. The Hall–Kier alpha value is -3.27. The van der Waals surface area contributed by atoms with E-state index in [0.29, 0.717) is 29.6 Å². The predicted octanol–water partition coefficient (Wildman–Crippen LogP) is 6.06. The molecule has 3 N–H and O–H groups in total. The van der Waals surface area contributed by atoms with E-state index >= 15 is 0 Å². The first-order valence-corrected chi connectivity index (χ1v) is 16.2. The monoisotopic (exact) mass is 591 g/mol. The zero-order valence-corrected chi connectivity index (χ0v) is 26.8. The first kappa shape index (κ1) is 31.7. The Labute approximate surface area is 250 Å². The second-order valence-electron chi connectivity index (χ2n) is 12.7. The topological polar surface area (TPSA) is 114 Å². The molecule has 0 saturated heterocycles. The summed E-state index contributed by atoms with van der Waals surface area (Å²) in [7, 11) is -0.446. The molecule has 0 saturated carbocycles. The number of rotatable bonds is 12. The molecule has 0 aliphatic rings. The van der Waals surface area contributed by atoms with Crippen LogP contribution in [-0.2, 0) is 27.3 Å². The third kappa shape index (κ3) is 6.23. The zero-order chi connectivity index (χ0) is 30.9. The van der Waals surface area contributed by atoms with Crippen molar-refractivity contribution in [3.8, 4) is 11.4 Å². The minimum atomic E-state index is -4.34. The third-order valence-electron chi connectivity index (χ3n) is 8.28. The number of hydrogen-bond acceptors (Lipinski definition) is 6. The van der Waals surface area contributed by atoms with E-state index in [2.05, 4.69) is 46.8 Å². The van der Waals surface area contributed by atoms with Gasteiger partial charge in [-0.25, -0.2) is 13.6 Å². The van der Waals surface area contributed by atoms with Crippen molar-refractivity contribution in [3.63, 3.8) is 0 Å². The van der Waals surface area contributed by atoms with Gasteiger partial charge in [-0.15, -0.1) is 15.0 Å². The molecule has 8 nitrogen and oxygen atoms in total. The lowest BCUT2D eigenvalue weighted by molar-refractivity contribution is 0.394. The molecular formula is C33H45N5O3S. The average Bonchev–Trinajstić information content (AvgIpc) is 3.34. The van der Waals surface area contributed by atoms with Gasteiger partial charge in [-0.3, -0.25) is 0 Å². The van der Waals surface area contributed by atoms with Crippen LogP contribution in [-0.4, -0.2) is 54.1 Å². The van der Waals surface area contributed by atoms with Crippen LogP contribution in [0.15, 0.2) is 59.5 Å². The van der Waals surface area contributed by atoms with Crippen LogP contribution in [0.25, 0.3) is 16.7 Å². The maximum atomic E-state index is 13.4. The van der Waals surface area contributed by atoms with E-state index in [-0.39, 0.29) is 10.6 Å². The number of primary sulfonamides is 1. The molecule has 0 unspecified atom stereocenters. The molecule has 1 heterocycles. The van der Waals surface area contributed by atoms with E-state index in [0.717, 1.165) is 42.4 Å². The number of sulfonamides is 1. The van der Waals surface area contributed by atoms with Gasteiger partial charge in [0.25, 0.3) is 0 Å². The largest absolute Gasteiger partial charge is 0.504 e. The van der Waals surface area contributed by atoms with E-state index in [1.807, 2.05) is 61.5 Å². The van der Waals surface area contributed by atoms with Gasteiger partial charge in [0.1, 0.15) is 21.6 Å². The minimum Gasteiger partial charge on any atom is -0.504 e. The molecule has 4 aromatic rings. The maximum absolute atomic E-state index is 13.4. The van der Waals surface area contributed by atoms with Crippen LogP contribution in [0.4, 0.5) is 0 Å². The number of hydrogen-bond donors (Lipinski definition) is 2. The van der Waals surface area contributed by atoms with E-state index in [9.17, 15) is 13.5 Å². The smallest absolute Gasteiger partial charge is 0.242 e. The molecule has 0 bridgehead atoms. The van der Waals surface area contributed by atoms with Gasteiger partial charge in [0, 0.05) is 12.0 Å². The van der Waals surface area contributed by atoms with E-state index in [1.165, 1.54) is 4.80 Å². The SMILES string of the molecule is CCCCCC(C)(C)c1c(CCN(C)C)c(S(N)(=O)=O)c(O)c(-n2nc3ccccc3n2)c1C(C)(C)c1ccccc1. The molecule has 1 aromatic heterocycles. The fourth-order valence-corrected chi connectivity index (χ4v) is 7.00. The summed E-state index contributed by atoms with van der Waals surface area (Å²) in [5.41, 5.74) is 3.65. The fourth-order valence-electron chi connectivity index (χ4n) is 6.08. The summed E-state index contributed by atoms with van der Waals surface area (Å²) in [5, 5.41) is 27.5. The second kappa shape index (κ2) is 12.1. The Morgan fingerprint density at radius 2 is 1.48 bits per heavy atom. The third-order valence-corrected chi connectivity index (χ3v) is 9.29. The van der Waals surface area contributed by atoms with Gasteiger partial charge >= 0.3 is 0 Å². The van der Waals surface area contributed by atoms with Crippen molar-refractivity contribution in [1.82, 2.24) is 19.9 Å². The Bertz CT molecular complexity index is 1630. The molecule has 0 amide bonds. The lowest BCUT2D eigenvalue weighted by Crippen LogP contribution is -2.33. The van der Waals surface area contributed by atoms with Crippen LogP contribution in [0.1, 0.15) is 82.6 Å². The Balaban J connectivity index is 2.25. The van der Waals surface area contributed by atoms with Gasteiger partial charge in [0.05, 0.1) is 0 Å². The number of nitrogens with zero attached hydrogens (tertiary/aromatic N) is 4. The summed E-state index contributed by atoms with van der Waals surface area (Å²) in [5.74, 6) is -0.418. The highest BCUT2D eigenvalue weighted by Gasteiger charge is 2.42. The Morgan fingerprint density at radius 1 is 0.905 bits per heavy atom. The summed E-state index contributed by atoms with van der Waals surface area (Å²) < 4.78 is 26.8. The highest BCUT2D eigenvalue weighted by molar-refractivity contribution is 7.89. The quantitative estimate of drug-likeness (QED) is 0.194. The van der Waals surface area contributed by atoms with Gasteiger partial charge in [0.15, 0.2) is 5.75 Å². The molecule has 9 heteroatoms. The van der Waals surface area contributed by atoms with Crippen LogP contribution in [0.5, 0.6) is 5.75 Å². The maximum Gasteiger partial charge on any atom is 0.242 e. The summed E-state index contributed by atoms with van der Waals surface area (Å²) >= 11 is 0. The van der Waals surface area contributed by atoms with Crippen molar-refractivity contribution in [2.75, 3.05) is 20.6 Å². The van der Waals surface area contributed by atoms with Crippen molar-refractivity contribution in [3.05, 3.63) is 76.9 Å². The van der Waals surface area contributed by atoms with Crippen molar-refractivity contribution >= 4 is 21.1 Å². The van der Waals surface area contributed by atoms with Crippen LogP contribution in [0, 0.1) is 0 Å². The van der Waals surface area contributed by atoms with Crippen molar-refractivity contribution in [2.24, 2.45) is 5.14 Å². The number of benzene rings is 3. The van der Waals surface area contributed by atoms with Gasteiger partial charge < -0.3 is 10.0 Å². The normalized spacial score (nSPS) is 12.9. The van der Waals surface area contributed by atoms with Gasteiger partial charge in [-0.2, -0.15) is 0 Å². The zero-order valence-electron chi connectivity index (χ0n) is 26.0. The molecule has 3 aromatic carbocycles. The summed E-state index contributed by atoms with van der Waals surface area (Å²) in [6, 6.07) is 17.5. The highest BCUT2D eigenvalue weighted by atomic mass is 32.2. The molecule has 226 valence electrons. The number of likely N-dealkylation sites (N-methyl/N-ethyl adjacent to an activating group) is 1. The first-order valence-electron chi connectivity index (χ1n) is 14.7. The predicted molar refractivity (Wildman–Crippen MR) is 170 cm³/mol. The standard InChI is InChI=1S/C33H45N5O3S/c1-8-9-15-21-32(2,3)27-24(20-22-37(6)7)31(42(34,40)41)30(39)29(38-35-25-18-13-14-19-26(25)36-38)28(27)33(4,5)23-16-11-10-12-17-23/h10-14,16-19,39H,8-9,15,20-22H2,1-7H3,(H2,34,40,41). The summed E-state index contributed by atoms with van der Waals surface area (Å²) in [6.45, 7) is 11.3. The number of fused-ring (bicyclic) bond motifs is 1. The van der Waals surface area contributed by atoms with Crippen molar-refractivity contribution in [2.45, 2.75) is 82.4 Å². The molecule has 0 fully saturated rings. The van der Waals surface area contributed by atoms with Gasteiger partial charge in [0.2, 0.25) is 10.0 Å². The van der Waals surface area contributed by atoms with E-state index in [1.54, 1.807) is 0 Å². The molecule has 0 aliphatic heterocycles. The van der Waals surface area contributed by atoms with E-state index in [4.69, 9.17) is 15.3 Å². The van der Waals surface area contributed by atoms with Gasteiger partial charge in [-0.05, 0) is 66.7 Å². The number of unbranched alkanes of at least 4 members (excludes halogenated alkanes) is 2. The Kier molecular flexibility index (Phi) is 9.16. The number of phenolic OH excluding ortho intramolecular Hbond substituents is 1. The highest BCUT2D eigenvalue weighted by Crippen LogP contribution is 2.50. The summed E-state index contributed by atoms with van der Waals surface area (Å²) in [6.07, 6.45) is 4.33. The number of nitrogens with two attached hydrogens (primary N) is 1. The lowest BCUT2D eigenvalue weighted by Gasteiger charge is -2.39. The van der Waals surface area contributed by atoms with Crippen molar-refractivity contribution < 1.29 is 13.5 Å². The van der Waals surface area contributed by atoms with Crippen LogP contribution in [0.2, 0.25) is 0 Å². The first-order chi connectivity index (χ1) is 19.7. The number of phenols is 1. The molecular weight excluding hydrogens is 546 g/mol. The lowest BCUT2D eigenvalue weighted by atomic mass is 9.66. The van der Waals surface area contributed by atoms with Crippen LogP contribution < -0.4 is 5.14 Å². The molecule has 0 spiro atoms. The average molecular weight is 592 g/mol. The number of aromatic nitrogens is 3. The van der Waals surface area contributed by atoms with E-state index < -0.39 is 26.6 Å². The van der Waals surface area contributed by atoms with Crippen LogP contribution >= 0.6 is 0 Å². The molecule has 4 rings (SSSR count).